The van der Waals surface area contributed by atoms with Crippen LogP contribution in [-0.2, 0) is 11.4 Å². The highest BCUT2D eigenvalue weighted by molar-refractivity contribution is 5.95. The predicted octanol–water partition coefficient (Wildman–Crippen LogP) is 2.99. The number of benzene rings is 1. The second kappa shape index (κ2) is 7.45. The first-order valence-electron chi connectivity index (χ1n) is 8.31. The first-order chi connectivity index (χ1) is 11.7. The molecule has 0 saturated carbocycles. The van der Waals surface area contributed by atoms with E-state index in [1.807, 2.05) is 43.3 Å². The molecule has 2 heterocycles. The summed E-state index contributed by atoms with van der Waals surface area (Å²) in [6.45, 7) is 4.27. The number of carbonyl (C=O) groups excluding carboxylic acids is 1. The van der Waals surface area contributed by atoms with Crippen LogP contribution in [0, 0.1) is 5.41 Å². The summed E-state index contributed by atoms with van der Waals surface area (Å²) < 4.78 is 5.66. The maximum absolute atomic E-state index is 12.5. The maximum Gasteiger partial charge on any atom is 0.230 e. The molecule has 126 valence electrons. The molecular weight excluding hydrogens is 302 g/mol. The van der Waals surface area contributed by atoms with Crippen molar-refractivity contribution in [1.29, 1.82) is 0 Å². The normalized spacial score (nSPS) is 16.4. The number of anilines is 1. The largest absolute Gasteiger partial charge is 0.473 e. The average molecular weight is 325 g/mol. The number of ether oxygens (including phenoxy) is 1. The van der Waals surface area contributed by atoms with Gasteiger partial charge in [0.05, 0.1) is 11.9 Å². The van der Waals surface area contributed by atoms with Gasteiger partial charge in [0.25, 0.3) is 0 Å². The number of hydrogen-bond acceptors (Lipinski definition) is 4. The quantitative estimate of drug-likeness (QED) is 0.887. The molecule has 0 atom stereocenters. The number of aromatic nitrogens is 1. The maximum atomic E-state index is 12.5. The second-order valence-electron chi connectivity index (χ2n) is 6.42. The Kier molecular flexibility index (Phi) is 5.11. The Morgan fingerprint density at radius 2 is 1.96 bits per heavy atom. The molecule has 3 rings (SSSR count). The van der Waals surface area contributed by atoms with Gasteiger partial charge in [0.1, 0.15) is 6.61 Å². The molecular formula is C19H23N3O2. The standard InChI is InChI=1S/C19H23N3O2/c1-19(9-11-20-12-10-19)18(23)22-16-7-8-17(21-13-16)24-14-15-5-3-2-4-6-15/h2-8,13,20H,9-12,14H2,1H3,(H,22,23). The van der Waals surface area contributed by atoms with E-state index in [1.54, 1.807) is 12.3 Å². The molecule has 1 aliphatic rings. The zero-order valence-corrected chi connectivity index (χ0v) is 13.9. The van der Waals surface area contributed by atoms with Gasteiger partial charge in [0.2, 0.25) is 11.8 Å². The van der Waals surface area contributed by atoms with Crippen molar-refractivity contribution >= 4 is 11.6 Å². The number of pyridine rings is 1. The number of nitrogens with one attached hydrogen (secondary N) is 2. The van der Waals surface area contributed by atoms with Crippen LogP contribution < -0.4 is 15.4 Å². The lowest BCUT2D eigenvalue weighted by molar-refractivity contribution is -0.126. The van der Waals surface area contributed by atoms with Gasteiger partial charge in [-0.25, -0.2) is 4.98 Å². The zero-order valence-electron chi connectivity index (χ0n) is 13.9. The molecule has 24 heavy (non-hydrogen) atoms. The first-order valence-corrected chi connectivity index (χ1v) is 8.31. The van der Waals surface area contributed by atoms with Crippen LogP contribution in [0.25, 0.3) is 0 Å². The molecule has 0 unspecified atom stereocenters. The van der Waals surface area contributed by atoms with Gasteiger partial charge < -0.3 is 15.4 Å². The summed E-state index contributed by atoms with van der Waals surface area (Å²) in [4.78, 5) is 16.8. The number of rotatable bonds is 5. The summed E-state index contributed by atoms with van der Waals surface area (Å²) in [5, 5.41) is 6.25. The van der Waals surface area contributed by atoms with E-state index in [2.05, 4.69) is 15.6 Å². The minimum atomic E-state index is -0.312. The van der Waals surface area contributed by atoms with Gasteiger partial charge in [-0.1, -0.05) is 37.3 Å². The van der Waals surface area contributed by atoms with Crippen molar-refractivity contribution < 1.29 is 9.53 Å². The van der Waals surface area contributed by atoms with Crippen molar-refractivity contribution in [2.75, 3.05) is 18.4 Å². The summed E-state index contributed by atoms with van der Waals surface area (Å²) in [6, 6.07) is 13.6. The Bertz CT molecular complexity index is 665. The van der Waals surface area contributed by atoms with Crippen molar-refractivity contribution in [2.45, 2.75) is 26.4 Å². The monoisotopic (exact) mass is 325 g/mol. The highest BCUT2D eigenvalue weighted by atomic mass is 16.5. The fourth-order valence-electron chi connectivity index (χ4n) is 2.76. The van der Waals surface area contributed by atoms with Crippen LogP contribution >= 0.6 is 0 Å². The molecule has 5 heteroatoms. The molecule has 1 saturated heterocycles. The number of hydrogen-bond donors (Lipinski definition) is 2. The Hall–Kier alpha value is -2.40. The van der Waals surface area contributed by atoms with Gasteiger partial charge in [-0.15, -0.1) is 0 Å². The molecule has 0 aliphatic carbocycles. The van der Waals surface area contributed by atoms with Crippen molar-refractivity contribution in [3.8, 4) is 5.88 Å². The Balaban J connectivity index is 1.55. The van der Waals surface area contributed by atoms with Gasteiger partial charge in [0.15, 0.2) is 0 Å². The van der Waals surface area contributed by atoms with Gasteiger partial charge >= 0.3 is 0 Å². The Morgan fingerprint density at radius 3 is 2.62 bits per heavy atom. The third-order valence-corrected chi connectivity index (χ3v) is 4.48. The lowest BCUT2D eigenvalue weighted by Gasteiger charge is -2.32. The lowest BCUT2D eigenvalue weighted by atomic mass is 9.80. The van der Waals surface area contributed by atoms with Gasteiger partial charge in [-0.05, 0) is 37.6 Å². The molecule has 2 N–H and O–H groups in total. The smallest absolute Gasteiger partial charge is 0.230 e. The average Bonchev–Trinajstić information content (AvgIpc) is 2.62. The van der Waals surface area contributed by atoms with E-state index in [9.17, 15) is 4.79 Å². The van der Waals surface area contributed by atoms with Crippen LogP contribution in [0.15, 0.2) is 48.7 Å². The minimum Gasteiger partial charge on any atom is -0.473 e. The summed E-state index contributed by atoms with van der Waals surface area (Å²) in [7, 11) is 0. The number of amides is 1. The summed E-state index contributed by atoms with van der Waals surface area (Å²) >= 11 is 0. The molecule has 0 spiro atoms. The molecule has 0 radical (unpaired) electrons. The molecule has 1 fully saturated rings. The predicted molar refractivity (Wildman–Crippen MR) is 93.9 cm³/mol. The lowest BCUT2D eigenvalue weighted by Crippen LogP contribution is -2.42. The van der Waals surface area contributed by atoms with Crippen LogP contribution in [0.2, 0.25) is 0 Å². The van der Waals surface area contributed by atoms with E-state index in [0.717, 1.165) is 31.5 Å². The van der Waals surface area contributed by atoms with E-state index >= 15 is 0 Å². The van der Waals surface area contributed by atoms with E-state index in [0.29, 0.717) is 18.2 Å². The van der Waals surface area contributed by atoms with E-state index < -0.39 is 0 Å². The molecule has 2 aromatic rings. The molecule has 5 nitrogen and oxygen atoms in total. The van der Waals surface area contributed by atoms with Crippen LogP contribution in [0.5, 0.6) is 5.88 Å². The van der Waals surface area contributed by atoms with Crippen LogP contribution in [0.1, 0.15) is 25.3 Å². The van der Waals surface area contributed by atoms with Crippen molar-refractivity contribution in [3.63, 3.8) is 0 Å². The van der Waals surface area contributed by atoms with Gasteiger partial charge in [0, 0.05) is 11.5 Å². The number of nitrogens with zero attached hydrogens (tertiary/aromatic N) is 1. The summed E-state index contributed by atoms with van der Waals surface area (Å²) in [5.74, 6) is 0.605. The SMILES string of the molecule is CC1(C(=O)Nc2ccc(OCc3ccccc3)nc2)CCNCC1. The van der Waals surface area contributed by atoms with Crippen molar-refractivity contribution in [2.24, 2.45) is 5.41 Å². The number of piperidine rings is 1. The van der Waals surface area contributed by atoms with Crippen LogP contribution in [0.4, 0.5) is 5.69 Å². The van der Waals surface area contributed by atoms with Crippen molar-refractivity contribution in [1.82, 2.24) is 10.3 Å². The summed E-state index contributed by atoms with van der Waals surface area (Å²) in [5.41, 5.74) is 1.48. The number of carbonyl (C=O) groups is 1. The van der Waals surface area contributed by atoms with Gasteiger partial charge in [-0.3, -0.25) is 4.79 Å². The van der Waals surface area contributed by atoms with Crippen LogP contribution in [0.3, 0.4) is 0 Å². The van der Waals surface area contributed by atoms with Crippen molar-refractivity contribution in [3.05, 3.63) is 54.2 Å². The molecule has 1 amide bonds. The Labute approximate surface area is 142 Å². The molecule has 0 bridgehead atoms. The third-order valence-electron chi connectivity index (χ3n) is 4.48. The van der Waals surface area contributed by atoms with E-state index in [1.165, 1.54) is 0 Å². The van der Waals surface area contributed by atoms with Crippen LogP contribution in [-0.4, -0.2) is 24.0 Å². The highest BCUT2D eigenvalue weighted by Crippen LogP contribution is 2.29. The molecule has 1 aliphatic heterocycles. The highest BCUT2D eigenvalue weighted by Gasteiger charge is 2.34. The van der Waals surface area contributed by atoms with E-state index in [-0.39, 0.29) is 11.3 Å². The minimum absolute atomic E-state index is 0.0590. The molecule has 1 aromatic heterocycles. The van der Waals surface area contributed by atoms with E-state index in [4.69, 9.17) is 4.74 Å². The zero-order chi connectivity index (χ0) is 16.8. The fourth-order valence-corrected chi connectivity index (χ4v) is 2.76. The first kappa shape index (κ1) is 16.5. The summed E-state index contributed by atoms with van der Waals surface area (Å²) in [6.07, 6.45) is 3.34. The second-order valence-corrected chi connectivity index (χ2v) is 6.42. The topological polar surface area (TPSA) is 63.2 Å². The Morgan fingerprint density at radius 1 is 1.21 bits per heavy atom. The molecule has 1 aromatic carbocycles. The third kappa shape index (κ3) is 4.11. The fraction of sp³-hybridized carbons (Fsp3) is 0.368. The van der Waals surface area contributed by atoms with Gasteiger partial charge in [-0.2, -0.15) is 0 Å².